The maximum atomic E-state index is 12.0. The molecule has 1 aromatic carbocycles. The minimum atomic E-state index is -0.287. The molecule has 2 aromatic rings. The molecule has 0 atom stereocenters. The summed E-state index contributed by atoms with van der Waals surface area (Å²) in [6.45, 7) is 1.53. The van der Waals surface area contributed by atoms with Gasteiger partial charge in [-0.2, -0.15) is 0 Å². The summed E-state index contributed by atoms with van der Waals surface area (Å²) >= 11 is 0. The van der Waals surface area contributed by atoms with Crippen molar-refractivity contribution < 1.29 is 9.59 Å². The van der Waals surface area contributed by atoms with Gasteiger partial charge < -0.3 is 10.2 Å². The van der Waals surface area contributed by atoms with Gasteiger partial charge in [-0.1, -0.05) is 18.2 Å². The predicted molar refractivity (Wildman–Crippen MR) is 80.8 cm³/mol. The number of amides is 2. The number of nitrogens with one attached hydrogen (secondary N) is 1. The number of likely N-dealkylation sites (tertiary alicyclic amines) is 1. The summed E-state index contributed by atoms with van der Waals surface area (Å²) in [7, 11) is 0. The summed E-state index contributed by atoms with van der Waals surface area (Å²) in [6, 6.07) is 9.39. The average molecular weight is 283 g/mol. The van der Waals surface area contributed by atoms with Crippen LogP contribution in [-0.4, -0.2) is 34.8 Å². The zero-order chi connectivity index (χ0) is 14.7. The minimum Gasteiger partial charge on any atom is -0.342 e. The van der Waals surface area contributed by atoms with Crippen LogP contribution in [0.15, 0.2) is 36.5 Å². The molecule has 1 fully saturated rings. The van der Waals surface area contributed by atoms with Crippen LogP contribution in [0.4, 0.5) is 5.69 Å². The van der Waals surface area contributed by atoms with Crippen LogP contribution in [0, 0.1) is 0 Å². The maximum Gasteiger partial charge on any atom is 0.233 e. The van der Waals surface area contributed by atoms with Gasteiger partial charge in [-0.15, -0.1) is 0 Å². The second-order valence-electron chi connectivity index (χ2n) is 5.19. The number of hydrogen-bond acceptors (Lipinski definition) is 3. The van der Waals surface area contributed by atoms with Crippen LogP contribution >= 0.6 is 0 Å². The van der Waals surface area contributed by atoms with Crippen molar-refractivity contribution in [3.63, 3.8) is 0 Å². The van der Waals surface area contributed by atoms with Gasteiger partial charge in [-0.3, -0.25) is 14.6 Å². The van der Waals surface area contributed by atoms with Crippen LogP contribution in [-0.2, 0) is 9.59 Å². The summed E-state index contributed by atoms with van der Waals surface area (Å²) in [5, 5.41) is 3.75. The normalized spacial score (nSPS) is 14.4. The van der Waals surface area contributed by atoms with Gasteiger partial charge in [0.15, 0.2) is 0 Å². The quantitative estimate of drug-likeness (QED) is 0.878. The van der Waals surface area contributed by atoms with Crippen molar-refractivity contribution in [3.05, 3.63) is 36.5 Å². The molecule has 0 aliphatic carbocycles. The zero-order valence-electron chi connectivity index (χ0n) is 11.7. The van der Waals surface area contributed by atoms with Gasteiger partial charge in [0.05, 0.1) is 11.2 Å². The van der Waals surface area contributed by atoms with E-state index in [4.69, 9.17) is 0 Å². The van der Waals surface area contributed by atoms with Crippen LogP contribution in [0.3, 0.4) is 0 Å². The molecule has 1 aromatic heterocycles. The lowest BCUT2D eigenvalue weighted by Gasteiger charge is -2.15. The van der Waals surface area contributed by atoms with Gasteiger partial charge in [0.2, 0.25) is 11.8 Å². The zero-order valence-corrected chi connectivity index (χ0v) is 11.7. The van der Waals surface area contributed by atoms with Crippen molar-refractivity contribution >= 4 is 28.4 Å². The Morgan fingerprint density at radius 2 is 1.90 bits per heavy atom. The van der Waals surface area contributed by atoms with Crippen LogP contribution in [0.2, 0.25) is 0 Å². The van der Waals surface area contributed by atoms with Crippen molar-refractivity contribution in [1.29, 1.82) is 0 Å². The Kier molecular flexibility index (Phi) is 3.81. The molecule has 2 heterocycles. The van der Waals surface area contributed by atoms with E-state index in [-0.39, 0.29) is 18.2 Å². The Morgan fingerprint density at radius 3 is 2.71 bits per heavy atom. The highest BCUT2D eigenvalue weighted by Gasteiger charge is 2.20. The summed E-state index contributed by atoms with van der Waals surface area (Å²) in [6.07, 6.45) is 3.64. The van der Waals surface area contributed by atoms with Crippen LogP contribution in [0.25, 0.3) is 10.9 Å². The molecule has 0 bridgehead atoms. The van der Waals surface area contributed by atoms with E-state index >= 15 is 0 Å². The first-order valence-electron chi connectivity index (χ1n) is 7.15. The number of para-hydroxylation sites is 1. The first kappa shape index (κ1) is 13.5. The third-order valence-electron chi connectivity index (χ3n) is 3.68. The molecule has 1 aliphatic rings. The average Bonchev–Trinajstić information content (AvgIpc) is 3.02. The highest BCUT2D eigenvalue weighted by molar-refractivity contribution is 6.07. The van der Waals surface area contributed by atoms with E-state index in [9.17, 15) is 9.59 Å². The molecule has 3 rings (SSSR count). The number of carbonyl (C=O) groups is 2. The SMILES string of the molecule is O=C(CC(=O)N1CCCC1)Nc1cccc2cccnc12. The Hall–Kier alpha value is -2.43. The molecule has 0 unspecified atom stereocenters. The number of hydrogen-bond donors (Lipinski definition) is 1. The van der Waals surface area contributed by atoms with Crippen LogP contribution in [0.1, 0.15) is 19.3 Å². The molecule has 0 saturated carbocycles. The molecule has 1 saturated heterocycles. The molecular weight excluding hydrogens is 266 g/mol. The number of anilines is 1. The fraction of sp³-hybridized carbons (Fsp3) is 0.312. The molecule has 0 spiro atoms. The minimum absolute atomic E-state index is 0.0989. The fourth-order valence-electron chi connectivity index (χ4n) is 2.62. The van der Waals surface area contributed by atoms with E-state index in [1.807, 2.05) is 24.3 Å². The third kappa shape index (κ3) is 3.02. The molecule has 21 heavy (non-hydrogen) atoms. The maximum absolute atomic E-state index is 12.0. The monoisotopic (exact) mass is 283 g/mol. The van der Waals surface area contributed by atoms with E-state index in [1.165, 1.54) is 0 Å². The first-order chi connectivity index (χ1) is 10.2. The Balaban J connectivity index is 1.70. The number of pyridine rings is 1. The smallest absolute Gasteiger partial charge is 0.233 e. The van der Waals surface area contributed by atoms with Gasteiger partial charge >= 0.3 is 0 Å². The van der Waals surface area contributed by atoms with Crippen molar-refractivity contribution in [2.24, 2.45) is 0 Å². The van der Waals surface area contributed by atoms with Crippen molar-refractivity contribution in [3.8, 4) is 0 Å². The molecule has 108 valence electrons. The van der Waals surface area contributed by atoms with Gasteiger partial charge in [0, 0.05) is 24.7 Å². The lowest BCUT2D eigenvalue weighted by Crippen LogP contribution is -2.31. The molecule has 5 nitrogen and oxygen atoms in total. The van der Waals surface area contributed by atoms with Gasteiger partial charge in [-0.25, -0.2) is 0 Å². The lowest BCUT2D eigenvalue weighted by molar-refractivity contribution is -0.133. The molecule has 1 aliphatic heterocycles. The highest BCUT2D eigenvalue weighted by atomic mass is 16.2. The molecule has 1 N–H and O–H groups in total. The number of benzene rings is 1. The number of rotatable bonds is 3. The van der Waals surface area contributed by atoms with Crippen LogP contribution in [0.5, 0.6) is 0 Å². The van der Waals surface area contributed by atoms with E-state index in [1.54, 1.807) is 17.2 Å². The summed E-state index contributed by atoms with van der Waals surface area (Å²) in [5.41, 5.74) is 1.38. The van der Waals surface area contributed by atoms with Crippen molar-refractivity contribution in [2.45, 2.75) is 19.3 Å². The largest absolute Gasteiger partial charge is 0.342 e. The molecule has 2 amide bonds. The molecular formula is C16H17N3O2. The highest BCUT2D eigenvalue weighted by Crippen LogP contribution is 2.20. The first-order valence-corrected chi connectivity index (χ1v) is 7.15. The van der Waals surface area contributed by atoms with Crippen molar-refractivity contribution in [1.82, 2.24) is 9.88 Å². The lowest BCUT2D eigenvalue weighted by atomic mass is 10.2. The number of carbonyl (C=O) groups excluding carboxylic acids is 2. The third-order valence-corrected chi connectivity index (χ3v) is 3.68. The number of nitrogens with zero attached hydrogens (tertiary/aromatic N) is 2. The van der Waals surface area contributed by atoms with Gasteiger partial charge in [0.1, 0.15) is 6.42 Å². The van der Waals surface area contributed by atoms with Gasteiger partial charge in [-0.05, 0) is 25.0 Å². The summed E-state index contributed by atoms with van der Waals surface area (Å²) in [4.78, 5) is 30.0. The van der Waals surface area contributed by atoms with E-state index in [0.29, 0.717) is 5.69 Å². The second kappa shape index (κ2) is 5.91. The summed E-state index contributed by atoms with van der Waals surface area (Å²) < 4.78 is 0. The second-order valence-corrected chi connectivity index (χ2v) is 5.19. The van der Waals surface area contributed by atoms with Crippen molar-refractivity contribution in [2.75, 3.05) is 18.4 Å². The van der Waals surface area contributed by atoms with E-state index < -0.39 is 0 Å². The molecule has 5 heteroatoms. The fourth-order valence-corrected chi connectivity index (χ4v) is 2.62. The van der Waals surface area contributed by atoms with Crippen LogP contribution < -0.4 is 5.32 Å². The Labute approximate surface area is 123 Å². The predicted octanol–water partition coefficient (Wildman–Crippen LogP) is 2.19. The number of fused-ring (bicyclic) bond motifs is 1. The summed E-state index contributed by atoms with van der Waals surface area (Å²) in [5.74, 6) is -0.386. The molecule has 0 radical (unpaired) electrons. The van der Waals surface area contributed by atoms with E-state index in [2.05, 4.69) is 10.3 Å². The number of aromatic nitrogens is 1. The van der Waals surface area contributed by atoms with Gasteiger partial charge in [0.25, 0.3) is 0 Å². The standard InChI is InChI=1S/C16H17N3O2/c20-14(11-15(21)19-9-1-2-10-19)18-13-7-3-5-12-6-4-8-17-16(12)13/h3-8H,1-2,9-11H2,(H,18,20). The van der Waals surface area contributed by atoms with E-state index in [0.717, 1.165) is 36.8 Å². The Morgan fingerprint density at radius 1 is 1.14 bits per heavy atom. The Bertz CT molecular complexity index is 673. The topological polar surface area (TPSA) is 62.3 Å².